The van der Waals surface area contributed by atoms with Crippen LogP contribution >= 0.6 is 11.8 Å². The first kappa shape index (κ1) is 11.1. The van der Waals surface area contributed by atoms with Crippen LogP contribution in [0, 0.1) is 0 Å². The smallest absolute Gasteiger partial charge is 0.165 e. The highest BCUT2D eigenvalue weighted by Gasteiger charge is 2.41. The molecule has 0 aliphatic carbocycles. The summed E-state index contributed by atoms with van der Waals surface area (Å²) >= 11 is 1.83. The number of rotatable bonds is 5. The van der Waals surface area contributed by atoms with Crippen molar-refractivity contribution in [1.29, 1.82) is 0 Å². The van der Waals surface area contributed by atoms with Crippen molar-refractivity contribution in [3.05, 3.63) is 0 Å². The van der Waals surface area contributed by atoms with E-state index in [9.17, 15) is 4.79 Å². The SMILES string of the molecule is CCCC(=O)C1(OCC)CCSC1. The highest BCUT2D eigenvalue weighted by Crippen LogP contribution is 2.33. The molecule has 0 aromatic rings. The van der Waals surface area contributed by atoms with E-state index in [0.29, 0.717) is 18.8 Å². The van der Waals surface area contributed by atoms with Crippen LogP contribution in [0.3, 0.4) is 0 Å². The average Bonchev–Trinajstić information content (AvgIpc) is 2.55. The molecule has 0 amide bonds. The van der Waals surface area contributed by atoms with Gasteiger partial charge in [-0.05, 0) is 25.5 Å². The Morgan fingerprint density at radius 2 is 2.31 bits per heavy atom. The molecule has 1 aliphatic heterocycles. The molecule has 0 saturated carbocycles. The summed E-state index contributed by atoms with van der Waals surface area (Å²) in [6.07, 6.45) is 2.50. The molecule has 0 aromatic heterocycles. The van der Waals surface area contributed by atoms with E-state index >= 15 is 0 Å². The van der Waals surface area contributed by atoms with Gasteiger partial charge in [0, 0.05) is 18.8 Å². The first-order valence-corrected chi connectivity index (χ1v) is 6.15. The second-order valence-electron chi connectivity index (χ2n) is 3.40. The molecule has 76 valence electrons. The normalized spacial score (nSPS) is 27.8. The van der Waals surface area contributed by atoms with Gasteiger partial charge >= 0.3 is 0 Å². The van der Waals surface area contributed by atoms with Crippen molar-refractivity contribution in [1.82, 2.24) is 0 Å². The number of carbonyl (C=O) groups is 1. The van der Waals surface area contributed by atoms with E-state index < -0.39 is 5.60 Å². The van der Waals surface area contributed by atoms with Gasteiger partial charge in [0.1, 0.15) is 5.60 Å². The molecule has 0 spiro atoms. The number of carbonyl (C=O) groups excluding carboxylic acids is 1. The first-order chi connectivity index (χ1) is 6.25. The molecule has 1 aliphatic rings. The molecule has 1 unspecified atom stereocenters. The lowest BCUT2D eigenvalue weighted by Crippen LogP contribution is -2.41. The Bertz CT molecular complexity index is 174. The molecule has 1 atom stereocenters. The van der Waals surface area contributed by atoms with Crippen LogP contribution in [-0.2, 0) is 9.53 Å². The maximum Gasteiger partial charge on any atom is 0.165 e. The van der Waals surface area contributed by atoms with E-state index in [0.717, 1.165) is 24.3 Å². The summed E-state index contributed by atoms with van der Waals surface area (Å²) in [4.78, 5) is 11.8. The number of ether oxygens (including phenoxy) is 1. The average molecular weight is 202 g/mol. The maximum absolute atomic E-state index is 11.8. The number of hydrogen-bond acceptors (Lipinski definition) is 3. The van der Waals surface area contributed by atoms with Crippen LogP contribution in [0.2, 0.25) is 0 Å². The van der Waals surface area contributed by atoms with Gasteiger partial charge in [-0.2, -0.15) is 11.8 Å². The predicted octanol–water partition coefficient (Wildman–Crippen LogP) is 2.27. The second-order valence-corrected chi connectivity index (χ2v) is 4.51. The highest BCUT2D eigenvalue weighted by molar-refractivity contribution is 7.99. The lowest BCUT2D eigenvalue weighted by molar-refractivity contribution is -0.141. The molecular formula is C10H18O2S. The Hall–Kier alpha value is -0.0200. The predicted molar refractivity (Wildman–Crippen MR) is 56.2 cm³/mol. The Morgan fingerprint density at radius 1 is 1.54 bits per heavy atom. The summed E-state index contributed by atoms with van der Waals surface area (Å²) in [6, 6.07) is 0. The van der Waals surface area contributed by atoms with Crippen molar-refractivity contribution >= 4 is 17.5 Å². The molecule has 1 saturated heterocycles. The van der Waals surface area contributed by atoms with Gasteiger partial charge in [0.15, 0.2) is 5.78 Å². The molecule has 0 N–H and O–H groups in total. The van der Waals surface area contributed by atoms with Gasteiger partial charge in [0.2, 0.25) is 0 Å². The molecule has 1 heterocycles. The van der Waals surface area contributed by atoms with E-state index in [2.05, 4.69) is 0 Å². The van der Waals surface area contributed by atoms with Crippen LogP contribution in [0.1, 0.15) is 33.1 Å². The second kappa shape index (κ2) is 5.01. The minimum atomic E-state index is -0.421. The fraction of sp³-hybridized carbons (Fsp3) is 0.900. The Balaban J connectivity index is 2.60. The van der Waals surface area contributed by atoms with Gasteiger partial charge in [-0.15, -0.1) is 0 Å². The number of ketones is 1. The minimum Gasteiger partial charge on any atom is -0.367 e. The van der Waals surface area contributed by atoms with E-state index in [4.69, 9.17) is 4.74 Å². The molecule has 1 fully saturated rings. The first-order valence-electron chi connectivity index (χ1n) is 5.00. The quantitative estimate of drug-likeness (QED) is 0.684. The molecule has 0 aromatic carbocycles. The lowest BCUT2D eigenvalue weighted by Gasteiger charge is -2.26. The van der Waals surface area contributed by atoms with Crippen molar-refractivity contribution in [3.8, 4) is 0 Å². The lowest BCUT2D eigenvalue weighted by atomic mass is 9.94. The fourth-order valence-electron chi connectivity index (χ4n) is 1.69. The third kappa shape index (κ3) is 2.47. The van der Waals surface area contributed by atoms with Crippen LogP contribution in [0.15, 0.2) is 0 Å². The Kier molecular flexibility index (Phi) is 4.26. The van der Waals surface area contributed by atoms with Crippen LogP contribution in [0.25, 0.3) is 0 Å². The summed E-state index contributed by atoms with van der Waals surface area (Å²) in [5, 5.41) is 0. The Morgan fingerprint density at radius 3 is 2.77 bits per heavy atom. The van der Waals surface area contributed by atoms with Gasteiger partial charge in [0.05, 0.1) is 0 Å². The van der Waals surface area contributed by atoms with Gasteiger partial charge in [0.25, 0.3) is 0 Å². The van der Waals surface area contributed by atoms with Crippen LogP contribution in [0.4, 0.5) is 0 Å². The summed E-state index contributed by atoms with van der Waals surface area (Å²) in [7, 11) is 0. The van der Waals surface area contributed by atoms with Gasteiger partial charge in [-0.25, -0.2) is 0 Å². The molecular weight excluding hydrogens is 184 g/mol. The van der Waals surface area contributed by atoms with E-state index in [-0.39, 0.29) is 0 Å². The third-order valence-corrected chi connectivity index (χ3v) is 3.55. The monoisotopic (exact) mass is 202 g/mol. The third-order valence-electron chi connectivity index (χ3n) is 2.39. The molecule has 0 bridgehead atoms. The summed E-state index contributed by atoms with van der Waals surface area (Å²) < 4.78 is 5.63. The molecule has 2 nitrogen and oxygen atoms in total. The number of Topliss-reactive ketones (excluding diaryl/α,β-unsaturated/α-hetero) is 1. The zero-order valence-electron chi connectivity index (χ0n) is 8.47. The number of hydrogen-bond donors (Lipinski definition) is 0. The van der Waals surface area contributed by atoms with E-state index in [1.807, 2.05) is 25.6 Å². The van der Waals surface area contributed by atoms with Gasteiger partial charge in [-0.1, -0.05) is 6.92 Å². The van der Waals surface area contributed by atoms with Crippen molar-refractivity contribution in [2.75, 3.05) is 18.1 Å². The zero-order valence-corrected chi connectivity index (χ0v) is 9.28. The van der Waals surface area contributed by atoms with Gasteiger partial charge < -0.3 is 4.74 Å². The Labute approximate surface area is 84.4 Å². The molecule has 3 heteroatoms. The zero-order chi connectivity index (χ0) is 9.73. The number of thioether (sulfide) groups is 1. The fourth-order valence-corrected chi connectivity index (χ4v) is 3.03. The summed E-state index contributed by atoms with van der Waals surface area (Å²) in [5.74, 6) is 2.23. The van der Waals surface area contributed by atoms with Crippen molar-refractivity contribution in [2.45, 2.75) is 38.7 Å². The highest BCUT2D eigenvalue weighted by atomic mass is 32.2. The topological polar surface area (TPSA) is 26.3 Å². The van der Waals surface area contributed by atoms with Crippen LogP contribution in [-0.4, -0.2) is 29.5 Å². The van der Waals surface area contributed by atoms with E-state index in [1.54, 1.807) is 0 Å². The largest absolute Gasteiger partial charge is 0.367 e. The van der Waals surface area contributed by atoms with Crippen molar-refractivity contribution in [3.63, 3.8) is 0 Å². The summed E-state index contributed by atoms with van der Waals surface area (Å²) in [5.41, 5.74) is -0.421. The van der Waals surface area contributed by atoms with Crippen LogP contribution in [0.5, 0.6) is 0 Å². The summed E-state index contributed by atoms with van der Waals surface area (Å²) in [6.45, 7) is 4.65. The molecule has 13 heavy (non-hydrogen) atoms. The molecule has 1 rings (SSSR count). The van der Waals surface area contributed by atoms with Crippen molar-refractivity contribution in [2.24, 2.45) is 0 Å². The van der Waals surface area contributed by atoms with Crippen LogP contribution < -0.4 is 0 Å². The standard InChI is InChI=1S/C10H18O2S/c1-3-5-9(11)10(12-4-2)6-7-13-8-10/h3-8H2,1-2H3. The van der Waals surface area contributed by atoms with Gasteiger partial charge in [-0.3, -0.25) is 4.79 Å². The minimum absolute atomic E-state index is 0.307. The maximum atomic E-state index is 11.8. The van der Waals surface area contributed by atoms with E-state index in [1.165, 1.54) is 0 Å². The molecule has 0 radical (unpaired) electrons. The van der Waals surface area contributed by atoms with Crippen molar-refractivity contribution < 1.29 is 9.53 Å².